The van der Waals surface area contributed by atoms with Crippen LogP contribution < -0.4 is 5.32 Å². The van der Waals surface area contributed by atoms with Crippen LogP contribution >= 0.6 is 0 Å². The van der Waals surface area contributed by atoms with E-state index in [1.807, 2.05) is 13.8 Å². The van der Waals surface area contributed by atoms with Gasteiger partial charge >= 0.3 is 0 Å². The van der Waals surface area contributed by atoms with Crippen LogP contribution in [0.1, 0.15) is 57.5 Å². The van der Waals surface area contributed by atoms with Gasteiger partial charge < -0.3 is 14.6 Å². The summed E-state index contributed by atoms with van der Waals surface area (Å²) < 4.78 is 10.8. The Morgan fingerprint density at radius 1 is 1.59 bits per heavy atom. The highest BCUT2D eigenvalue weighted by Gasteiger charge is 2.28. The number of hydrogen-bond acceptors (Lipinski definition) is 5. The zero-order chi connectivity index (χ0) is 12.3. The van der Waals surface area contributed by atoms with Crippen LogP contribution in [-0.2, 0) is 4.74 Å². The fourth-order valence-corrected chi connectivity index (χ4v) is 2.24. The zero-order valence-electron chi connectivity index (χ0n) is 10.8. The molecule has 17 heavy (non-hydrogen) atoms. The molecule has 5 heteroatoms. The second-order valence-corrected chi connectivity index (χ2v) is 4.64. The summed E-state index contributed by atoms with van der Waals surface area (Å²) >= 11 is 0. The molecule has 96 valence electrons. The second-order valence-electron chi connectivity index (χ2n) is 4.64. The molecule has 1 aliphatic rings. The van der Waals surface area contributed by atoms with Gasteiger partial charge in [-0.15, -0.1) is 0 Å². The van der Waals surface area contributed by atoms with E-state index in [-0.39, 0.29) is 12.1 Å². The Hall–Kier alpha value is -0.940. The van der Waals surface area contributed by atoms with Gasteiger partial charge in [0.25, 0.3) is 0 Å². The first kappa shape index (κ1) is 12.5. The summed E-state index contributed by atoms with van der Waals surface area (Å²) in [6.45, 7) is 7.79. The maximum atomic E-state index is 5.45. The number of ether oxygens (including phenoxy) is 1. The van der Waals surface area contributed by atoms with E-state index in [1.165, 1.54) is 12.8 Å². The van der Waals surface area contributed by atoms with Gasteiger partial charge in [-0.05, 0) is 39.2 Å². The van der Waals surface area contributed by atoms with Crippen molar-refractivity contribution < 1.29 is 9.26 Å². The number of nitrogens with zero attached hydrogens (tertiary/aromatic N) is 2. The highest BCUT2D eigenvalue weighted by molar-refractivity contribution is 4.98. The predicted molar refractivity (Wildman–Crippen MR) is 63.5 cm³/mol. The van der Waals surface area contributed by atoms with Crippen molar-refractivity contribution in [1.82, 2.24) is 15.5 Å². The average molecular weight is 239 g/mol. The fourth-order valence-electron chi connectivity index (χ4n) is 2.24. The van der Waals surface area contributed by atoms with Crippen molar-refractivity contribution in [2.75, 3.05) is 13.2 Å². The Morgan fingerprint density at radius 3 is 3.12 bits per heavy atom. The van der Waals surface area contributed by atoms with Crippen molar-refractivity contribution in [3.05, 3.63) is 11.7 Å². The lowest BCUT2D eigenvalue weighted by Gasteiger charge is -2.26. The maximum absolute atomic E-state index is 5.45. The van der Waals surface area contributed by atoms with Gasteiger partial charge in [0.15, 0.2) is 5.82 Å². The van der Waals surface area contributed by atoms with Gasteiger partial charge in [0.2, 0.25) is 5.89 Å². The monoisotopic (exact) mass is 239 g/mol. The molecule has 1 saturated heterocycles. The van der Waals surface area contributed by atoms with Crippen molar-refractivity contribution in [2.24, 2.45) is 5.92 Å². The number of hydrogen-bond donors (Lipinski definition) is 1. The minimum Gasteiger partial charge on any atom is -0.371 e. The van der Waals surface area contributed by atoms with E-state index in [0.29, 0.717) is 24.2 Å². The van der Waals surface area contributed by atoms with Crippen LogP contribution in [0, 0.1) is 5.92 Å². The number of rotatable bonds is 4. The molecule has 1 fully saturated rings. The van der Waals surface area contributed by atoms with E-state index < -0.39 is 0 Å². The molecular weight excluding hydrogens is 218 g/mol. The van der Waals surface area contributed by atoms with Gasteiger partial charge in [0.1, 0.15) is 6.10 Å². The third-order valence-corrected chi connectivity index (χ3v) is 3.27. The van der Waals surface area contributed by atoms with Gasteiger partial charge in [-0.1, -0.05) is 12.1 Å². The summed E-state index contributed by atoms with van der Waals surface area (Å²) in [6.07, 6.45) is 2.32. The van der Waals surface area contributed by atoms with Gasteiger partial charge in [0.05, 0.1) is 6.04 Å². The number of piperidine rings is 1. The van der Waals surface area contributed by atoms with E-state index in [2.05, 4.69) is 22.4 Å². The first-order valence-corrected chi connectivity index (χ1v) is 6.40. The van der Waals surface area contributed by atoms with Crippen LogP contribution in [0.4, 0.5) is 0 Å². The van der Waals surface area contributed by atoms with E-state index in [0.717, 1.165) is 6.54 Å². The SMILES string of the molecule is CCOC(C)c1noc(C2NCCCC2C)n1. The molecular formula is C12H21N3O2. The Bertz CT molecular complexity index is 353. The Labute approximate surface area is 102 Å². The minimum atomic E-state index is -0.101. The van der Waals surface area contributed by atoms with Crippen molar-refractivity contribution >= 4 is 0 Å². The molecule has 0 aliphatic carbocycles. The first-order chi connectivity index (χ1) is 8.22. The average Bonchev–Trinajstić information content (AvgIpc) is 2.79. The van der Waals surface area contributed by atoms with Crippen molar-refractivity contribution in [3.63, 3.8) is 0 Å². The molecule has 0 saturated carbocycles. The van der Waals surface area contributed by atoms with E-state index in [1.54, 1.807) is 0 Å². The van der Waals surface area contributed by atoms with Gasteiger partial charge in [-0.2, -0.15) is 4.98 Å². The van der Waals surface area contributed by atoms with Gasteiger partial charge in [-0.3, -0.25) is 0 Å². The summed E-state index contributed by atoms with van der Waals surface area (Å²) in [4.78, 5) is 4.44. The normalized spacial score (nSPS) is 27.0. The van der Waals surface area contributed by atoms with E-state index in [4.69, 9.17) is 9.26 Å². The Kier molecular flexibility index (Phi) is 4.12. The van der Waals surface area contributed by atoms with E-state index in [9.17, 15) is 0 Å². The lowest BCUT2D eigenvalue weighted by atomic mass is 9.93. The molecule has 1 aliphatic heterocycles. The minimum absolute atomic E-state index is 0.101. The molecule has 1 aromatic heterocycles. The summed E-state index contributed by atoms with van der Waals surface area (Å²) in [7, 11) is 0. The van der Waals surface area contributed by atoms with E-state index >= 15 is 0 Å². The molecule has 5 nitrogen and oxygen atoms in total. The molecule has 0 bridgehead atoms. The molecule has 3 atom stereocenters. The Balaban J connectivity index is 2.06. The maximum Gasteiger partial charge on any atom is 0.244 e. The molecule has 0 aromatic carbocycles. The molecule has 1 N–H and O–H groups in total. The van der Waals surface area contributed by atoms with Crippen molar-refractivity contribution in [2.45, 2.75) is 45.8 Å². The highest BCUT2D eigenvalue weighted by atomic mass is 16.5. The molecule has 0 spiro atoms. The summed E-state index contributed by atoms with van der Waals surface area (Å²) in [5.74, 6) is 1.87. The molecule has 3 unspecified atom stereocenters. The molecule has 1 aromatic rings. The molecule has 2 rings (SSSR count). The quantitative estimate of drug-likeness (QED) is 0.873. The third-order valence-electron chi connectivity index (χ3n) is 3.27. The topological polar surface area (TPSA) is 60.2 Å². The van der Waals surface area contributed by atoms with Crippen LogP contribution in [0.5, 0.6) is 0 Å². The van der Waals surface area contributed by atoms with Crippen molar-refractivity contribution in [1.29, 1.82) is 0 Å². The van der Waals surface area contributed by atoms with Crippen LogP contribution in [-0.4, -0.2) is 23.3 Å². The number of nitrogens with one attached hydrogen (secondary N) is 1. The Morgan fingerprint density at radius 2 is 2.41 bits per heavy atom. The van der Waals surface area contributed by atoms with Gasteiger partial charge in [0, 0.05) is 6.61 Å². The molecule has 2 heterocycles. The van der Waals surface area contributed by atoms with Crippen LogP contribution in [0.15, 0.2) is 4.52 Å². The van der Waals surface area contributed by atoms with Gasteiger partial charge in [-0.25, -0.2) is 0 Å². The van der Waals surface area contributed by atoms with Crippen LogP contribution in [0.2, 0.25) is 0 Å². The van der Waals surface area contributed by atoms with Crippen molar-refractivity contribution in [3.8, 4) is 0 Å². The third kappa shape index (κ3) is 2.84. The largest absolute Gasteiger partial charge is 0.371 e. The van der Waals surface area contributed by atoms with Crippen LogP contribution in [0.25, 0.3) is 0 Å². The van der Waals surface area contributed by atoms with Crippen LogP contribution in [0.3, 0.4) is 0 Å². The smallest absolute Gasteiger partial charge is 0.244 e. The summed E-state index contributed by atoms with van der Waals surface area (Å²) in [5, 5.41) is 7.43. The highest BCUT2D eigenvalue weighted by Crippen LogP contribution is 2.28. The lowest BCUT2D eigenvalue weighted by Crippen LogP contribution is -2.33. The number of aromatic nitrogens is 2. The standard InChI is InChI=1S/C12H21N3O2/c1-4-16-9(3)11-14-12(17-15-11)10-8(2)6-5-7-13-10/h8-10,13H,4-7H2,1-3H3. The summed E-state index contributed by atoms with van der Waals surface area (Å²) in [6, 6.07) is 0.193. The molecule has 0 amide bonds. The second kappa shape index (κ2) is 5.60. The molecule has 0 radical (unpaired) electrons. The summed E-state index contributed by atoms with van der Waals surface area (Å²) in [5.41, 5.74) is 0. The lowest BCUT2D eigenvalue weighted by molar-refractivity contribution is 0.0683. The fraction of sp³-hybridized carbons (Fsp3) is 0.833. The predicted octanol–water partition coefficient (Wildman–Crippen LogP) is 2.23. The first-order valence-electron chi connectivity index (χ1n) is 6.40. The zero-order valence-corrected chi connectivity index (χ0v) is 10.8.